The summed E-state index contributed by atoms with van der Waals surface area (Å²) in [6.07, 6.45) is 4.94. The van der Waals surface area contributed by atoms with Crippen LogP contribution in [0.4, 0.5) is 4.39 Å². The molecule has 1 fully saturated rings. The van der Waals surface area contributed by atoms with Crippen LogP contribution in [0.15, 0.2) is 64.2 Å². The first-order valence-corrected chi connectivity index (χ1v) is 11.6. The number of nitrogens with one attached hydrogen (secondary N) is 1. The molecule has 0 unspecified atom stereocenters. The highest BCUT2D eigenvalue weighted by Gasteiger charge is 2.37. The molecule has 0 radical (unpaired) electrons. The van der Waals surface area contributed by atoms with E-state index >= 15 is 0 Å². The number of nitrogens with zero attached hydrogens (tertiary/aromatic N) is 4. The van der Waals surface area contributed by atoms with Gasteiger partial charge < -0.3 is 9.64 Å². The second-order valence-corrected chi connectivity index (χ2v) is 8.82. The lowest BCUT2D eigenvalue weighted by Crippen LogP contribution is -2.35. The number of amides is 1. The number of likely N-dealkylation sites (tertiary alicyclic amines) is 1. The highest BCUT2D eigenvalue weighted by atomic mass is 32.2. The number of amidine groups is 3. The largest absolute Gasteiger partial charge is 0.423 e. The molecular formula is C24H20FN5O3S. The van der Waals surface area contributed by atoms with Gasteiger partial charge in [-0.2, -0.15) is 10.0 Å². The summed E-state index contributed by atoms with van der Waals surface area (Å²) >= 11 is 1.31. The summed E-state index contributed by atoms with van der Waals surface area (Å²) in [7, 11) is 0. The number of fused-ring (bicyclic) bond motifs is 1. The third-order valence-corrected chi connectivity index (χ3v) is 6.54. The molecule has 10 heteroatoms. The molecule has 3 aliphatic rings. The van der Waals surface area contributed by atoms with Gasteiger partial charge in [0.2, 0.25) is 5.17 Å². The fourth-order valence-corrected chi connectivity index (χ4v) is 4.73. The summed E-state index contributed by atoms with van der Waals surface area (Å²) < 4.78 is 19.0. The molecule has 34 heavy (non-hydrogen) atoms. The Kier molecular flexibility index (Phi) is 5.97. The maximum Gasteiger partial charge on any atom is 0.346 e. The van der Waals surface area contributed by atoms with Crippen LogP contribution >= 0.6 is 11.8 Å². The van der Waals surface area contributed by atoms with E-state index in [0.717, 1.165) is 31.1 Å². The average molecular weight is 478 g/mol. The molecule has 0 spiro atoms. The van der Waals surface area contributed by atoms with Gasteiger partial charge in [-0.1, -0.05) is 24.3 Å². The molecule has 8 nitrogen and oxygen atoms in total. The maximum atomic E-state index is 13.8. The van der Waals surface area contributed by atoms with E-state index in [2.05, 4.69) is 15.0 Å². The monoisotopic (exact) mass is 477 g/mol. The molecule has 1 saturated heterocycles. The van der Waals surface area contributed by atoms with Crippen molar-refractivity contribution in [2.75, 3.05) is 13.1 Å². The standard InChI is InChI=1S/C24H20FN5O3S/c25-19-7-3-2-6-17(19)22(32)33-16-10-8-15(9-11-16)14-18-20(26)30-23(27-21(18)31)34-24(28-30)29-12-4-1-5-13-29/h2-3,6-11,14,26H,1,4-5,12-13H2/b18-14-,26-20?. The lowest BCUT2D eigenvalue weighted by molar-refractivity contribution is -0.114. The van der Waals surface area contributed by atoms with Crippen molar-refractivity contribution in [2.24, 2.45) is 10.1 Å². The fourth-order valence-electron chi connectivity index (χ4n) is 3.78. The van der Waals surface area contributed by atoms with Crippen LogP contribution in [0, 0.1) is 11.2 Å². The Morgan fingerprint density at radius 1 is 1.06 bits per heavy atom. The Morgan fingerprint density at radius 2 is 1.79 bits per heavy atom. The van der Waals surface area contributed by atoms with Gasteiger partial charge in [0.1, 0.15) is 11.6 Å². The van der Waals surface area contributed by atoms with Crippen LogP contribution in [0.1, 0.15) is 35.2 Å². The summed E-state index contributed by atoms with van der Waals surface area (Å²) in [4.78, 5) is 31.1. The van der Waals surface area contributed by atoms with E-state index in [9.17, 15) is 14.0 Å². The molecule has 0 saturated carbocycles. The van der Waals surface area contributed by atoms with Gasteiger partial charge in [-0.15, -0.1) is 5.10 Å². The summed E-state index contributed by atoms with van der Waals surface area (Å²) in [5.41, 5.74) is 0.574. The Morgan fingerprint density at radius 3 is 2.53 bits per heavy atom. The molecule has 0 aromatic heterocycles. The molecule has 3 aliphatic heterocycles. The van der Waals surface area contributed by atoms with E-state index in [0.29, 0.717) is 10.7 Å². The Hall–Kier alpha value is -3.79. The van der Waals surface area contributed by atoms with Crippen molar-refractivity contribution in [2.45, 2.75) is 19.3 Å². The number of hydrazone groups is 1. The number of hydrogen-bond donors (Lipinski definition) is 1. The zero-order valence-corrected chi connectivity index (χ0v) is 18.8. The van der Waals surface area contributed by atoms with E-state index in [1.807, 2.05) is 0 Å². The van der Waals surface area contributed by atoms with Crippen LogP contribution in [0.2, 0.25) is 0 Å². The number of hydrogen-bond acceptors (Lipinski definition) is 7. The zero-order valence-electron chi connectivity index (χ0n) is 18.0. The van der Waals surface area contributed by atoms with E-state index in [4.69, 9.17) is 10.1 Å². The van der Waals surface area contributed by atoms with Crippen molar-refractivity contribution in [3.63, 3.8) is 0 Å². The Bertz CT molecular complexity index is 1270. The van der Waals surface area contributed by atoms with Crippen LogP contribution < -0.4 is 4.74 Å². The number of rotatable bonds is 3. The van der Waals surface area contributed by atoms with Crippen molar-refractivity contribution in [3.8, 4) is 5.75 Å². The first-order valence-electron chi connectivity index (χ1n) is 10.8. The summed E-state index contributed by atoms with van der Waals surface area (Å²) in [5.74, 6) is -1.77. The minimum atomic E-state index is -0.802. The van der Waals surface area contributed by atoms with Crippen molar-refractivity contribution in [1.82, 2.24) is 9.91 Å². The summed E-state index contributed by atoms with van der Waals surface area (Å²) in [6.45, 7) is 1.82. The summed E-state index contributed by atoms with van der Waals surface area (Å²) in [5, 5.41) is 15.6. The number of esters is 1. The lowest BCUT2D eigenvalue weighted by atomic mass is 10.1. The first-order chi connectivity index (χ1) is 16.5. The molecule has 5 rings (SSSR count). The van der Waals surface area contributed by atoms with Crippen LogP contribution in [0.25, 0.3) is 6.08 Å². The van der Waals surface area contributed by atoms with E-state index in [1.54, 1.807) is 24.3 Å². The summed E-state index contributed by atoms with van der Waals surface area (Å²) in [6, 6.07) is 11.9. The number of halogens is 1. The SMILES string of the molecule is N=C1/C(=C/c2ccc(OC(=O)c3ccccc3F)cc2)C(=O)N=C2SC(N3CCCCC3)=NN12. The maximum absolute atomic E-state index is 13.8. The third kappa shape index (κ3) is 4.36. The van der Waals surface area contributed by atoms with Crippen molar-refractivity contribution < 1.29 is 18.7 Å². The average Bonchev–Trinajstić information content (AvgIpc) is 3.28. The molecular weight excluding hydrogens is 457 g/mol. The van der Waals surface area contributed by atoms with Crippen LogP contribution in [0.5, 0.6) is 5.75 Å². The van der Waals surface area contributed by atoms with E-state index < -0.39 is 17.7 Å². The number of ether oxygens (including phenoxy) is 1. The molecule has 1 N–H and O–H groups in total. The number of benzene rings is 2. The lowest BCUT2D eigenvalue weighted by Gasteiger charge is -2.26. The molecule has 1 amide bonds. The van der Waals surface area contributed by atoms with E-state index in [-0.39, 0.29) is 22.7 Å². The van der Waals surface area contributed by atoms with Gasteiger partial charge in [0, 0.05) is 13.1 Å². The number of carbonyl (C=O) groups is 2. The van der Waals surface area contributed by atoms with Gasteiger partial charge in [0.15, 0.2) is 11.0 Å². The molecule has 2 aromatic rings. The van der Waals surface area contributed by atoms with Crippen molar-refractivity contribution >= 4 is 45.9 Å². The predicted octanol–water partition coefficient (Wildman–Crippen LogP) is 4.11. The van der Waals surface area contributed by atoms with Gasteiger partial charge in [-0.05, 0) is 66.9 Å². The van der Waals surface area contributed by atoms with Gasteiger partial charge in [0.25, 0.3) is 5.91 Å². The second-order valence-electron chi connectivity index (χ2n) is 7.89. The highest BCUT2D eigenvalue weighted by molar-refractivity contribution is 8.26. The third-order valence-electron chi connectivity index (χ3n) is 5.57. The Labute approximate surface area is 199 Å². The van der Waals surface area contributed by atoms with Gasteiger partial charge in [-0.25, -0.2) is 9.18 Å². The number of carbonyl (C=O) groups excluding carboxylic acids is 2. The first kappa shape index (κ1) is 22.0. The van der Waals surface area contributed by atoms with E-state index in [1.165, 1.54) is 53.5 Å². The van der Waals surface area contributed by atoms with Crippen molar-refractivity contribution in [1.29, 1.82) is 5.41 Å². The van der Waals surface area contributed by atoms with Gasteiger partial charge in [0.05, 0.1) is 11.1 Å². The topological polar surface area (TPSA) is 98.4 Å². The fraction of sp³-hybridized carbons (Fsp3) is 0.208. The Balaban J connectivity index is 1.31. The highest BCUT2D eigenvalue weighted by Crippen LogP contribution is 2.30. The molecule has 0 bridgehead atoms. The van der Waals surface area contributed by atoms with Crippen LogP contribution in [-0.4, -0.2) is 51.0 Å². The molecule has 0 aliphatic carbocycles. The number of aliphatic imine (C=N–C) groups is 1. The van der Waals surface area contributed by atoms with Crippen LogP contribution in [-0.2, 0) is 4.79 Å². The van der Waals surface area contributed by atoms with Crippen molar-refractivity contribution in [3.05, 3.63) is 71.0 Å². The smallest absolute Gasteiger partial charge is 0.346 e. The molecule has 3 heterocycles. The quantitative estimate of drug-likeness (QED) is 0.406. The normalized spacial score (nSPS) is 19.1. The number of piperidine rings is 1. The minimum absolute atomic E-state index is 0.0374. The molecule has 172 valence electrons. The zero-order chi connectivity index (χ0) is 23.7. The van der Waals surface area contributed by atoms with Gasteiger partial charge in [-0.3, -0.25) is 10.2 Å². The number of thioether (sulfide) groups is 1. The molecule has 2 aromatic carbocycles. The minimum Gasteiger partial charge on any atom is -0.423 e. The predicted molar refractivity (Wildman–Crippen MR) is 128 cm³/mol. The molecule has 0 atom stereocenters. The van der Waals surface area contributed by atoms with Crippen LogP contribution in [0.3, 0.4) is 0 Å². The van der Waals surface area contributed by atoms with Gasteiger partial charge >= 0.3 is 5.97 Å². The second kappa shape index (κ2) is 9.22.